The molecular weight excluding hydrogens is 362 g/mol. The highest BCUT2D eigenvalue weighted by Crippen LogP contribution is 2.48. The molecule has 0 atom stereocenters. The molecule has 0 aliphatic heterocycles. The van der Waals surface area contributed by atoms with Crippen LogP contribution < -0.4 is 4.74 Å². The fourth-order valence-electron chi connectivity index (χ4n) is 4.48. The molecule has 0 amide bonds. The van der Waals surface area contributed by atoms with Crippen molar-refractivity contribution in [3.8, 4) is 5.75 Å². The van der Waals surface area contributed by atoms with E-state index in [1.54, 1.807) is 14.2 Å². The number of nitrogens with zero attached hydrogens (tertiary/aromatic N) is 3. The number of hydrogen-bond acceptors (Lipinski definition) is 4. The summed E-state index contributed by atoms with van der Waals surface area (Å²) in [7, 11) is 5.51. The molecule has 0 radical (unpaired) electrons. The molecule has 1 aromatic heterocycles. The van der Waals surface area contributed by atoms with Crippen molar-refractivity contribution in [3.63, 3.8) is 0 Å². The van der Waals surface area contributed by atoms with Crippen molar-refractivity contribution in [2.75, 3.05) is 14.2 Å². The molecule has 1 heterocycles. The minimum Gasteiger partial charge on any atom is -0.497 e. The Kier molecular flexibility index (Phi) is 5.31. The first-order valence-electron chi connectivity index (χ1n) is 10.3. The van der Waals surface area contributed by atoms with Gasteiger partial charge in [0.1, 0.15) is 17.3 Å². The molecule has 0 spiro atoms. The van der Waals surface area contributed by atoms with E-state index >= 15 is 0 Å². The number of methoxy groups -OCH3 is 2. The first kappa shape index (κ1) is 19.5. The largest absolute Gasteiger partial charge is 0.497 e. The van der Waals surface area contributed by atoms with Gasteiger partial charge in [-0.05, 0) is 55.0 Å². The third kappa shape index (κ3) is 3.28. The van der Waals surface area contributed by atoms with Gasteiger partial charge >= 0.3 is 0 Å². The molecule has 29 heavy (non-hydrogen) atoms. The molecule has 2 aliphatic carbocycles. The van der Waals surface area contributed by atoms with Gasteiger partial charge in [-0.15, -0.1) is 10.2 Å². The summed E-state index contributed by atoms with van der Waals surface area (Å²) in [4.78, 5) is 0. The van der Waals surface area contributed by atoms with Gasteiger partial charge in [0.05, 0.1) is 19.6 Å². The van der Waals surface area contributed by atoms with Crippen LogP contribution in [0.25, 0.3) is 5.57 Å². The number of hydrogen-bond donors (Lipinski definition) is 0. The number of ether oxygens (including phenoxy) is 2. The monoisotopic (exact) mass is 391 g/mol. The maximum atomic E-state index is 5.55. The topological polar surface area (TPSA) is 49.2 Å². The standard InChI is InChI=1S/C24H29N3O2/c1-5-17-7-8-18(9-14-21(17)29-4)22-25-26-23(27(22)2)24(15-6-16-24)19-10-12-20(28-3)13-11-19/h7,9-14H,5-6,8,15-16H2,1-4H3. The summed E-state index contributed by atoms with van der Waals surface area (Å²) in [6.45, 7) is 2.15. The predicted molar refractivity (Wildman–Crippen MR) is 115 cm³/mol. The molecule has 0 saturated heterocycles. The van der Waals surface area contributed by atoms with E-state index in [-0.39, 0.29) is 5.41 Å². The average molecular weight is 392 g/mol. The minimum absolute atomic E-state index is 0.0600. The van der Waals surface area contributed by atoms with Crippen LogP contribution in [0.15, 0.2) is 53.8 Å². The predicted octanol–water partition coefficient (Wildman–Crippen LogP) is 4.95. The Bertz CT molecular complexity index is 976. The molecule has 0 unspecified atom stereocenters. The molecule has 5 heteroatoms. The molecule has 0 bridgehead atoms. The van der Waals surface area contributed by atoms with E-state index in [2.05, 4.69) is 59.1 Å². The number of allylic oxidation sites excluding steroid dienone is 5. The van der Waals surface area contributed by atoms with E-state index in [0.29, 0.717) is 0 Å². The highest BCUT2D eigenvalue weighted by molar-refractivity contribution is 5.65. The Morgan fingerprint density at radius 1 is 1.03 bits per heavy atom. The van der Waals surface area contributed by atoms with Crippen molar-refractivity contribution in [2.24, 2.45) is 7.05 Å². The van der Waals surface area contributed by atoms with Gasteiger partial charge in [0.25, 0.3) is 0 Å². The third-order valence-corrected chi connectivity index (χ3v) is 6.36. The Hall–Kier alpha value is -2.82. The fourth-order valence-corrected chi connectivity index (χ4v) is 4.48. The molecular formula is C24H29N3O2. The van der Waals surface area contributed by atoms with Crippen LogP contribution in [0.3, 0.4) is 0 Å². The van der Waals surface area contributed by atoms with Crippen LogP contribution >= 0.6 is 0 Å². The zero-order valence-corrected chi connectivity index (χ0v) is 17.7. The van der Waals surface area contributed by atoms with Crippen LogP contribution in [0.4, 0.5) is 0 Å². The Balaban J connectivity index is 1.70. The van der Waals surface area contributed by atoms with Gasteiger partial charge in [-0.3, -0.25) is 0 Å². The normalized spacial score (nSPS) is 18.1. The maximum Gasteiger partial charge on any atom is 0.159 e. The summed E-state index contributed by atoms with van der Waals surface area (Å²) in [6, 6.07) is 8.41. The summed E-state index contributed by atoms with van der Waals surface area (Å²) in [5.41, 5.74) is 3.62. The van der Waals surface area contributed by atoms with Crippen LogP contribution in [0.2, 0.25) is 0 Å². The lowest BCUT2D eigenvalue weighted by Gasteiger charge is -2.41. The van der Waals surface area contributed by atoms with Crippen molar-refractivity contribution in [1.82, 2.24) is 14.8 Å². The quantitative estimate of drug-likeness (QED) is 0.699. The maximum absolute atomic E-state index is 5.55. The van der Waals surface area contributed by atoms with Gasteiger partial charge < -0.3 is 14.0 Å². The van der Waals surface area contributed by atoms with E-state index in [4.69, 9.17) is 9.47 Å². The molecule has 1 aromatic carbocycles. The second-order valence-corrected chi connectivity index (χ2v) is 7.78. The number of rotatable bonds is 6. The van der Waals surface area contributed by atoms with Crippen molar-refractivity contribution in [2.45, 2.75) is 44.4 Å². The van der Waals surface area contributed by atoms with E-state index in [0.717, 1.165) is 54.4 Å². The lowest BCUT2D eigenvalue weighted by Crippen LogP contribution is -2.38. The van der Waals surface area contributed by atoms with Gasteiger partial charge in [0, 0.05) is 12.6 Å². The summed E-state index contributed by atoms with van der Waals surface area (Å²) in [5.74, 6) is 3.79. The summed E-state index contributed by atoms with van der Waals surface area (Å²) >= 11 is 0. The molecule has 5 nitrogen and oxygen atoms in total. The van der Waals surface area contributed by atoms with Gasteiger partial charge in [0.15, 0.2) is 5.82 Å². The SMILES string of the molecule is CCC1=CCC(c2nnc(C3(c4ccc(OC)cc4)CCC3)n2C)=CC=C1OC. The van der Waals surface area contributed by atoms with Crippen molar-refractivity contribution in [3.05, 3.63) is 71.0 Å². The Labute approximate surface area is 172 Å². The van der Waals surface area contributed by atoms with Crippen LogP contribution in [0, 0.1) is 0 Å². The van der Waals surface area contributed by atoms with Crippen LogP contribution in [0.5, 0.6) is 5.75 Å². The molecule has 1 saturated carbocycles. The molecule has 2 aliphatic rings. The average Bonchev–Trinajstić information content (AvgIpc) is 2.97. The molecule has 0 N–H and O–H groups in total. The van der Waals surface area contributed by atoms with Crippen molar-refractivity contribution in [1.29, 1.82) is 0 Å². The Morgan fingerprint density at radius 3 is 2.38 bits per heavy atom. The second kappa shape index (κ2) is 7.90. The van der Waals surface area contributed by atoms with Gasteiger partial charge in [-0.25, -0.2) is 0 Å². The fraction of sp³-hybridized carbons (Fsp3) is 0.417. The first-order valence-corrected chi connectivity index (χ1v) is 10.3. The van der Waals surface area contributed by atoms with Crippen LogP contribution in [-0.4, -0.2) is 29.0 Å². The minimum atomic E-state index is -0.0600. The highest BCUT2D eigenvalue weighted by atomic mass is 16.5. The number of benzene rings is 1. The van der Waals surface area contributed by atoms with E-state index in [1.807, 2.05) is 12.1 Å². The van der Waals surface area contributed by atoms with Gasteiger partial charge in [-0.1, -0.05) is 37.6 Å². The van der Waals surface area contributed by atoms with Crippen LogP contribution in [0.1, 0.15) is 56.2 Å². The lowest BCUT2D eigenvalue weighted by atomic mass is 9.64. The zero-order valence-electron chi connectivity index (χ0n) is 17.7. The van der Waals surface area contributed by atoms with Crippen molar-refractivity contribution >= 4 is 5.57 Å². The van der Waals surface area contributed by atoms with E-state index in [1.165, 1.54) is 17.6 Å². The van der Waals surface area contributed by atoms with E-state index < -0.39 is 0 Å². The Morgan fingerprint density at radius 2 is 1.79 bits per heavy atom. The van der Waals surface area contributed by atoms with Crippen LogP contribution in [-0.2, 0) is 17.2 Å². The second-order valence-electron chi connectivity index (χ2n) is 7.78. The first-order chi connectivity index (χ1) is 14.1. The zero-order chi connectivity index (χ0) is 20.4. The van der Waals surface area contributed by atoms with Gasteiger partial charge in [0.2, 0.25) is 0 Å². The third-order valence-electron chi connectivity index (χ3n) is 6.36. The highest BCUT2D eigenvalue weighted by Gasteiger charge is 2.44. The summed E-state index contributed by atoms with van der Waals surface area (Å²) < 4.78 is 13.1. The summed E-state index contributed by atoms with van der Waals surface area (Å²) in [6.07, 6.45) is 11.6. The lowest BCUT2D eigenvalue weighted by molar-refractivity contribution is 0.277. The number of aromatic nitrogens is 3. The molecule has 4 rings (SSSR count). The molecule has 1 fully saturated rings. The van der Waals surface area contributed by atoms with Gasteiger partial charge in [-0.2, -0.15) is 0 Å². The van der Waals surface area contributed by atoms with Crippen molar-refractivity contribution < 1.29 is 9.47 Å². The smallest absolute Gasteiger partial charge is 0.159 e. The molecule has 2 aromatic rings. The van der Waals surface area contributed by atoms with E-state index in [9.17, 15) is 0 Å². The summed E-state index contributed by atoms with van der Waals surface area (Å²) in [5, 5.41) is 9.29. The molecule has 152 valence electrons.